The Bertz CT molecular complexity index is 727. The van der Waals surface area contributed by atoms with E-state index in [2.05, 4.69) is 23.5 Å². The van der Waals surface area contributed by atoms with Gasteiger partial charge < -0.3 is 10.1 Å². The zero-order valence-corrected chi connectivity index (χ0v) is 14.8. The number of rotatable bonds is 5. The molecular formula is C20H22ClNO2. The van der Waals surface area contributed by atoms with E-state index in [9.17, 15) is 4.79 Å². The van der Waals surface area contributed by atoms with Crippen molar-refractivity contribution in [2.24, 2.45) is 0 Å². The molecule has 1 aliphatic carbocycles. The molecular weight excluding hydrogens is 322 g/mol. The van der Waals surface area contributed by atoms with Gasteiger partial charge >= 0.3 is 0 Å². The first-order valence-corrected chi connectivity index (χ1v) is 8.75. The number of carbonyl (C=O) groups excluding carboxylic acids is 1. The van der Waals surface area contributed by atoms with Gasteiger partial charge in [0, 0.05) is 5.02 Å². The van der Waals surface area contributed by atoms with E-state index in [1.807, 2.05) is 6.92 Å². The van der Waals surface area contributed by atoms with Crippen LogP contribution < -0.4 is 10.1 Å². The lowest BCUT2D eigenvalue weighted by molar-refractivity contribution is -0.127. The molecule has 0 saturated heterocycles. The van der Waals surface area contributed by atoms with E-state index in [4.69, 9.17) is 16.3 Å². The van der Waals surface area contributed by atoms with Gasteiger partial charge in [0.2, 0.25) is 0 Å². The molecule has 0 aliphatic heterocycles. The summed E-state index contributed by atoms with van der Waals surface area (Å²) in [6, 6.07) is 13.5. The first-order valence-electron chi connectivity index (χ1n) is 8.37. The SMILES string of the molecule is CC(Oc1ccc(Cl)cc1)C(=O)NC(C)c1ccc2c(c1)CCC2. The van der Waals surface area contributed by atoms with Crippen molar-refractivity contribution in [1.29, 1.82) is 0 Å². The summed E-state index contributed by atoms with van der Waals surface area (Å²) in [5, 5.41) is 3.67. The van der Waals surface area contributed by atoms with E-state index in [1.165, 1.54) is 24.0 Å². The van der Waals surface area contributed by atoms with Crippen LogP contribution in [0.3, 0.4) is 0 Å². The van der Waals surface area contributed by atoms with Gasteiger partial charge in [0.25, 0.3) is 5.91 Å². The Kier molecular flexibility index (Phi) is 5.10. The lowest BCUT2D eigenvalue weighted by Crippen LogP contribution is -2.37. The summed E-state index contributed by atoms with van der Waals surface area (Å²) in [5.74, 6) is 0.505. The lowest BCUT2D eigenvalue weighted by atomic mass is 10.0. The average molecular weight is 344 g/mol. The molecule has 1 N–H and O–H groups in total. The van der Waals surface area contributed by atoms with Crippen LogP contribution in [0.25, 0.3) is 0 Å². The van der Waals surface area contributed by atoms with Crippen molar-refractivity contribution in [3.05, 3.63) is 64.2 Å². The summed E-state index contributed by atoms with van der Waals surface area (Å²) in [6.07, 6.45) is 2.97. The molecule has 4 heteroatoms. The smallest absolute Gasteiger partial charge is 0.261 e. The maximum absolute atomic E-state index is 12.4. The van der Waals surface area contributed by atoms with Crippen molar-refractivity contribution in [1.82, 2.24) is 5.32 Å². The van der Waals surface area contributed by atoms with Gasteiger partial charge in [-0.2, -0.15) is 0 Å². The first-order chi connectivity index (χ1) is 11.5. The molecule has 0 aromatic heterocycles. The Morgan fingerprint density at radius 2 is 1.79 bits per heavy atom. The van der Waals surface area contributed by atoms with Crippen LogP contribution in [0.4, 0.5) is 0 Å². The number of hydrogen-bond acceptors (Lipinski definition) is 2. The van der Waals surface area contributed by atoms with Gasteiger partial charge in [-0.3, -0.25) is 4.79 Å². The van der Waals surface area contributed by atoms with E-state index in [0.29, 0.717) is 10.8 Å². The molecule has 2 unspecified atom stereocenters. The van der Waals surface area contributed by atoms with Crippen molar-refractivity contribution >= 4 is 17.5 Å². The highest BCUT2D eigenvalue weighted by atomic mass is 35.5. The Balaban J connectivity index is 1.60. The topological polar surface area (TPSA) is 38.3 Å². The van der Waals surface area contributed by atoms with Crippen LogP contribution in [0.2, 0.25) is 5.02 Å². The third kappa shape index (κ3) is 3.90. The molecule has 24 heavy (non-hydrogen) atoms. The fourth-order valence-corrected chi connectivity index (χ4v) is 3.17. The van der Waals surface area contributed by atoms with E-state index in [1.54, 1.807) is 31.2 Å². The number of halogens is 1. The van der Waals surface area contributed by atoms with Crippen molar-refractivity contribution < 1.29 is 9.53 Å². The summed E-state index contributed by atoms with van der Waals surface area (Å²) < 4.78 is 5.67. The van der Waals surface area contributed by atoms with E-state index in [0.717, 1.165) is 12.0 Å². The van der Waals surface area contributed by atoms with Crippen LogP contribution in [-0.2, 0) is 17.6 Å². The third-order valence-electron chi connectivity index (χ3n) is 4.48. The van der Waals surface area contributed by atoms with Crippen molar-refractivity contribution in [3.63, 3.8) is 0 Å². The molecule has 0 bridgehead atoms. The highest BCUT2D eigenvalue weighted by Crippen LogP contribution is 2.25. The Labute approximate surface area is 148 Å². The van der Waals surface area contributed by atoms with E-state index >= 15 is 0 Å². The van der Waals surface area contributed by atoms with Crippen LogP contribution >= 0.6 is 11.6 Å². The minimum atomic E-state index is -0.567. The quantitative estimate of drug-likeness (QED) is 0.869. The van der Waals surface area contributed by atoms with Gasteiger partial charge in [0.1, 0.15) is 5.75 Å². The van der Waals surface area contributed by atoms with Crippen molar-refractivity contribution in [2.45, 2.75) is 45.3 Å². The highest BCUT2D eigenvalue weighted by Gasteiger charge is 2.19. The Hall–Kier alpha value is -2.00. The summed E-state index contributed by atoms with van der Waals surface area (Å²) in [4.78, 5) is 12.4. The molecule has 3 nitrogen and oxygen atoms in total. The lowest BCUT2D eigenvalue weighted by Gasteiger charge is -2.19. The number of amides is 1. The second kappa shape index (κ2) is 7.27. The molecule has 0 radical (unpaired) electrons. The van der Waals surface area contributed by atoms with Crippen LogP contribution in [-0.4, -0.2) is 12.0 Å². The van der Waals surface area contributed by atoms with E-state index < -0.39 is 6.10 Å². The average Bonchev–Trinajstić information content (AvgIpc) is 3.04. The van der Waals surface area contributed by atoms with Crippen LogP contribution in [0.15, 0.2) is 42.5 Å². The summed E-state index contributed by atoms with van der Waals surface area (Å²) in [6.45, 7) is 3.75. The normalized spacial score (nSPS) is 15.5. The monoisotopic (exact) mass is 343 g/mol. The van der Waals surface area contributed by atoms with Gasteiger partial charge in [-0.15, -0.1) is 0 Å². The molecule has 0 saturated carbocycles. The standard InChI is InChI=1S/C20H22ClNO2/c1-13(16-7-6-15-4-3-5-17(15)12-16)22-20(23)14(2)24-19-10-8-18(21)9-11-19/h6-14H,3-5H2,1-2H3,(H,22,23). The van der Waals surface area contributed by atoms with Crippen LogP contribution in [0.5, 0.6) is 5.75 Å². The second-order valence-electron chi connectivity index (χ2n) is 6.33. The van der Waals surface area contributed by atoms with Crippen LogP contribution in [0.1, 0.15) is 43.0 Å². The molecule has 3 rings (SSSR count). The summed E-state index contributed by atoms with van der Waals surface area (Å²) in [5.41, 5.74) is 4.00. The molecule has 126 valence electrons. The van der Waals surface area contributed by atoms with Gasteiger partial charge in [-0.05, 0) is 74.1 Å². The molecule has 2 aromatic carbocycles. The minimum Gasteiger partial charge on any atom is -0.481 e. The van der Waals surface area contributed by atoms with Crippen molar-refractivity contribution in [2.75, 3.05) is 0 Å². The largest absolute Gasteiger partial charge is 0.481 e. The van der Waals surface area contributed by atoms with Crippen molar-refractivity contribution in [3.8, 4) is 5.75 Å². The third-order valence-corrected chi connectivity index (χ3v) is 4.73. The molecule has 1 amide bonds. The number of aryl methyl sites for hydroxylation is 2. The highest BCUT2D eigenvalue weighted by molar-refractivity contribution is 6.30. The molecule has 0 fully saturated rings. The number of benzene rings is 2. The number of hydrogen-bond donors (Lipinski definition) is 1. The van der Waals surface area contributed by atoms with Gasteiger partial charge in [0.05, 0.1) is 6.04 Å². The number of carbonyl (C=O) groups is 1. The number of fused-ring (bicyclic) bond motifs is 1. The maximum atomic E-state index is 12.4. The number of ether oxygens (including phenoxy) is 1. The Morgan fingerprint density at radius 1 is 1.08 bits per heavy atom. The van der Waals surface area contributed by atoms with Gasteiger partial charge in [-0.25, -0.2) is 0 Å². The fraction of sp³-hybridized carbons (Fsp3) is 0.350. The fourth-order valence-electron chi connectivity index (χ4n) is 3.05. The second-order valence-corrected chi connectivity index (χ2v) is 6.76. The number of nitrogens with one attached hydrogen (secondary N) is 1. The summed E-state index contributed by atoms with van der Waals surface area (Å²) >= 11 is 5.85. The Morgan fingerprint density at radius 3 is 2.54 bits per heavy atom. The predicted octanol–water partition coefficient (Wildman–Crippen LogP) is 4.47. The van der Waals surface area contributed by atoms with Gasteiger partial charge in [-0.1, -0.05) is 29.8 Å². The molecule has 1 aliphatic rings. The van der Waals surface area contributed by atoms with Crippen LogP contribution in [0, 0.1) is 0 Å². The molecule has 2 atom stereocenters. The molecule has 2 aromatic rings. The van der Waals surface area contributed by atoms with Gasteiger partial charge in [0.15, 0.2) is 6.10 Å². The maximum Gasteiger partial charge on any atom is 0.261 e. The van der Waals surface area contributed by atoms with E-state index in [-0.39, 0.29) is 11.9 Å². The zero-order valence-electron chi connectivity index (χ0n) is 14.0. The molecule has 0 spiro atoms. The molecule has 0 heterocycles. The minimum absolute atomic E-state index is 0.0420. The predicted molar refractivity (Wildman–Crippen MR) is 96.6 cm³/mol. The zero-order chi connectivity index (χ0) is 17.1. The first kappa shape index (κ1) is 16.8. The summed E-state index contributed by atoms with van der Waals surface area (Å²) in [7, 11) is 0.